The molecule has 2 rings (SSSR count). The fourth-order valence-corrected chi connectivity index (χ4v) is 2.50. The Bertz CT molecular complexity index is 572. The van der Waals surface area contributed by atoms with Gasteiger partial charge < -0.3 is 4.90 Å². The molecule has 0 saturated carbocycles. The Morgan fingerprint density at radius 1 is 1.00 bits per heavy atom. The van der Waals surface area contributed by atoms with Crippen molar-refractivity contribution in [2.75, 3.05) is 19.0 Å². The van der Waals surface area contributed by atoms with E-state index in [4.69, 9.17) is 23.2 Å². The van der Waals surface area contributed by atoms with Gasteiger partial charge in [0.1, 0.15) is 10.3 Å². The van der Waals surface area contributed by atoms with Crippen LogP contribution in [0.5, 0.6) is 0 Å². The molecule has 20 heavy (non-hydrogen) atoms. The summed E-state index contributed by atoms with van der Waals surface area (Å²) in [5, 5.41) is 0.886. The third-order valence-corrected chi connectivity index (χ3v) is 3.67. The molecule has 0 radical (unpaired) electrons. The molecule has 1 aromatic heterocycles. The molecule has 0 atom stereocenters. The number of anilines is 1. The summed E-state index contributed by atoms with van der Waals surface area (Å²) in [5.41, 5.74) is 2.85. The maximum absolute atomic E-state index is 6.20. The summed E-state index contributed by atoms with van der Waals surface area (Å²) in [6, 6.07) is 7.97. The van der Waals surface area contributed by atoms with E-state index in [0.717, 1.165) is 29.7 Å². The summed E-state index contributed by atoms with van der Waals surface area (Å²) >= 11 is 12.4. The maximum Gasteiger partial charge on any atom is 0.162 e. The van der Waals surface area contributed by atoms with E-state index in [1.807, 2.05) is 43.3 Å². The van der Waals surface area contributed by atoms with E-state index in [1.165, 1.54) is 0 Å². The first kappa shape index (κ1) is 15.1. The van der Waals surface area contributed by atoms with Gasteiger partial charge in [-0.2, -0.15) is 0 Å². The van der Waals surface area contributed by atoms with E-state index in [1.54, 1.807) is 0 Å². The first-order valence-electron chi connectivity index (χ1n) is 6.52. The number of rotatable bonds is 4. The molecule has 0 aliphatic rings. The Morgan fingerprint density at radius 3 is 2.00 bits per heavy atom. The fourth-order valence-electron chi connectivity index (χ4n) is 1.93. The molecule has 0 fully saturated rings. The third-order valence-electron chi connectivity index (χ3n) is 3.05. The molecular weight excluding hydrogens is 293 g/mol. The summed E-state index contributed by atoms with van der Waals surface area (Å²) in [7, 11) is 4.00. The van der Waals surface area contributed by atoms with Crippen LogP contribution >= 0.6 is 23.2 Å². The number of aromatic nitrogens is 2. The molecule has 106 valence electrons. The summed E-state index contributed by atoms with van der Waals surface area (Å²) < 4.78 is 0. The summed E-state index contributed by atoms with van der Waals surface area (Å²) in [6.07, 6.45) is 1.75. The number of halogens is 2. The predicted molar refractivity (Wildman–Crippen MR) is 85.8 cm³/mol. The molecule has 0 N–H and O–H groups in total. The Balaban J connectivity index is 2.38. The summed E-state index contributed by atoms with van der Waals surface area (Å²) in [5.74, 6) is 0.560. The Hall–Kier alpha value is -1.32. The molecule has 0 saturated heterocycles. The van der Waals surface area contributed by atoms with Crippen LogP contribution in [0.4, 0.5) is 5.69 Å². The Labute approximate surface area is 129 Å². The lowest BCUT2D eigenvalue weighted by Crippen LogP contribution is -2.08. The Kier molecular flexibility index (Phi) is 4.84. The molecule has 3 nitrogen and oxygen atoms in total. The van der Waals surface area contributed by atoms with E-state index in [-0.39, 0.29) is 0 Å². The Morgan fingerprint density at radius 2 is 1.55 bits per heavy atom. The maximum atomic E-state index is 6.20. The van der Waals surface area contributed by atoms with Crippen molar-refractivity contribution in [1.29, 1.82) is 0 Å². The van der Waals surface area contributed by atoms with Crippen molar-refractivity contribution in [1.82, 2.24) is 9.97 Å². The van der Waals surface area contributed by atoms with Gasteiger partial charge in [-0.25, -0.2) is 9.97 Å². The second kappa shape index (κ2) is 6.42. The number of hydrogen-bond acceptors (Lipinski definition) is 3. The molecule has 0 spiro atoms. The molecule has 1 aromatic carbocycles. The van der Waals surface area contributed by atoms with Crippen molar-refractivity contribution in [3.05, 3.63) is 40.1 Å². The van der Waals surface area contributed by atoms with Crippen molar-refractivity contribution in [2.24, 2.45) is 0 Å². The number of benzene rings is 1. The van der Waals surface area contributed by atoms with Crippen LogP contribution in [0, 0.1) is 0 Å². The van der Waals surface area contributed by atoms with Crippen LogP contribution in [-0.2, 0) is 6.42 Å². The minimum Gasteiger partial charge on any atom is -0.378 e. The van der Waals surface area contributed by atoms with Crippen molar-refractivity contribution in [3.8, 4) is 11.4 Å². The van der Waals surface area contributed by atoms with Crippen LogP contribution < -0.4 is 4.90 Å². The van der Waals surface area contributed by atoms with E-state index < -0.39 is 0 Å². The zero-order valence-electron chi connectivity index (χ0n) is 11.8. The van der Waals surface area contributed by atoms with Gasteiger partial charge in [0.05, 0.1) is 0 Å². The van der Waals surface area contributed by atoms with Crippen molar-refractivity contribution in [3.63, 3.8) is 0 Å². The van der Waals surface area contributed by atoms with Crippen molar-refractivity contribution in [2.45, 2.75) is 19.8 Å². The number of nitrogens with zero attached hydrogens (tertiary/aromatic N) is 3. The van der Waals surface area contributed by atoms with Gasteiger partial charge >= 0.3 is 0 Å². The first-order valence-corrected chi connectivity index (χ1v) is 7.28. The van der Waals surface area contributed by atoms with Crippen LogP contribution in [0.2, 0.25) is 10.3 Å². The largest absolute Gasteiger partial charge is 0.378 e. The zero-order chi connectivity index (χ0) is 14.7. The van der Waals surface area contributed by atoms with Crippen LogP contribution in [0.3, 0.4) is 0 Å². The molecule has 0 aliphatic carbocycles. The van der Waals surface area contributed by atoms with Crippen molar-refractivity contribution < 1.29 is 0 Å². The minimum atomic E-state index is 0.443. The molecule has 2 aromatic rings. The topological polar surface area (TPSA) is 29.0 Å². The standard InChI is InChI=1S/C15H17Cl2N3/c1-4-5-12-13(16)18-15(19-14(12)17)10-6-8-11(9-7-10)20(2)3/h6-9H,4-5H2,1-3H3. The van der Waals surface area contributed by atoms with Gasteiger partial charge in [-0.05, 0) is 30.7 Å². The molecule has 5 heteroatoms. The lowest BCUT2D eigenvalue weighted by atomic mass is 10.1. The van der Waals surface area contributed by atoms with Gasteiger partial charge in [-0.1, -0.05) is 36.5 Å². The highest BCUT2D eigenvalue weighted by Crippen LogP contribution is 2.27. The second-order valence-electron chi connectivity index (χ2n) is 4.80. The normalized spacial score (nSPS) is 10.7. The zero-order valence-corrected chi connectivity index (χ0v) is 13.3. The average molecular weight is 310 g/mol. The average Bonchev–Trinajstić information content (AvgIpc) is 2.42. The molecular formula is C15H17Cl2N3. The molecule has 1 heterocycles. The molecule has 0 amide bonds. The lowest BCUT2D eigenvalue weighted by molar-refractivity contribution is 0.903. The second-order valence-corrected chi connectivity index (χ2v) is 5.51. The minimum absolute atomic E-state index is 0.443. The highest BCUT2D eigenvalue weighted by molar-refractivity contribution is 6.34. The van der Waals surface area contributed by atoms with Crippen molar-refractivity contribution >= 4 is 28.9 Å². The van der Waals surface area contributed by atoms with E-state index >= 15 is 0 Å². The van der Waals surface area contributed by atoms with Gasteiger partial charge in [-0.3, -0.25) is 0 Å². The van der Waals surface area contributed by atoms with Crippen LogP contribution in [0.15, 0.2) is 24.3 Å². The van der Waals surface area contributed by atoms with E-state index in [2.05, 4.69) is 16.9 Å². The van der Waals surface area contributed by atoms with Crippen LogP contribution in [-0.4, -0.2) is 24.1 Å². The van der Waals surface area contributed by atoms with Crippen LogP contribution in [0.1, 0.15) is 18.9 Å². The van der Waals surface area contributed by atoms with Gasteiger partial charge in [-0.15, -0.1) is 0 Å². The third kappa shape index (κ3) is 3.22. The quantitative estimate of drug-likeness (QED) is 0.780. The van der Waals surface area contributed by atoms with Gasteiger partial charge in [0.15, 0.2) is 5.82 Å². The monoisotopic (exact) mass is 309 g/mol. The fraction of sp³-hybridized carbons (Fsp3) is 0.333. The highest BCUT2D eigenvalue weighted by Gasteiger charge is 2.12. The molecule has 0 bridgehead atoms. The first-order chi connectivity index (χ1) is 9.52. The summed E-state index contributed by atoms with van der Waals surface area (Å²) in [6.45, 7) is 2.07. The lowest BCUT2D eigenvalue weighted by Gasteiger charge is -2.13. The predicted octanol–water partition coefficient (Wildman–Crippen LogP) is 4.47. The molecule has 0 aliphatic heterocycles. The summed E-state index contributed by atoms with van der Waals surface area (Å²) in [4.78, 5) is 10.7. The smallest absolute Gasteiger partial charge is 0.162 e. The van der Waals surface area contributed by atoms with Gasteiger partial charge in [0, 0.05) is 30.9 Å². The van der Waals surface area contributed by atoms with Gasteiger partial charge in [0.2, 0.25) is 0 Å². The number of hydrogen-bond donors (Lipinski definition) is 0. The highest BCUT2D eigenvalue weighted by atomic mass is 35.5. The van der Waals surface area contributed by atoms with Crippen LogP contribution in [0.25, 0.3) is 11.4 Å². The molecule has 0 unspecified atom stereocenters. The SMILES string of the molecule is CCCc1c(Cl)nc(-c2ccc(N(C)C)cc2)nc1Cl. The van der Waals surface area contributed by atoms with E-state index in [9.17, 15) is 0 Å². The van der Waals surface area contributed by atoms with Gasteiger partial charge in [0.25, 0.3) is 0 Å². The van der Waals surface area contributed by atoms with E-state index in [0.29, 0.717) is 16.1 Å².